The minimum atomic E-state index is -2.13. The summed E-state index contributed by atoms with van der Waals surface area (Å²) >= 11 is 0. The van der Waals surface area contributed by atoms with Gasteiger partial charge < -0.3 is 14.7 Å². The Bertz CT molecular complexity index is 613. The van der Waals surface area contributed by atoms with Crippen molar-refractivity contribution < 1.29 is 17.4 Å². The highest BCUT2D eigenvalue weighted by Crippen LogP contribution is 2.36. The van der Waals surface area contributed by atoms with Gasteiger partial charge in [-0.2, -0.15) is 0 Å². The average Bonchev–Trinajstić information content (AvgIpc) is 2.83. The van der Waals surface area contributed by atoms with Crippen LogP contribution in [0.3, 0.4) is 0 Å². The highest BCUT2D eigenvalue weighted by atomic mass is 16.5. The molecule has 1 aromatic rings. The van der Waals surface area contributed by atoms with E-state index in [0.29, 0.717) is 17.6 Å². The van der Waals surface area contributed by atoms with Crippen LogP contribution in [0.4, 0.5) is 0 Å². The number of aliphatic hydroxyl groups is 1. The Kier molecular flexibility index (Phi) is 3.51. The second-order valence-electron chi connectivity index (χ2n) is 6.35. The van der Waals surface area contributed by atoms with E-state index in [1.54, 1.807) is 30.3 Å². The molecule has 0 spiro atoms. The Morgan fingerprint density at radius 2 is 2.00 bits per heavy atom. The fraction of sp³-hybridized carbons (Fsp3) is 0.611. The lowest BCUT2D eigenvalue weighted by atomic mass is 9.94. The van der Waals surface area contributed by atoms with Gasteiger partial charge in [0, 0.05) is 13.5 Å². The standard InChI is InChI=1S/C18H25NO3/c1-12(20)17(13-6-4-3-5-7-13)18(21)22-16-10-14-8-9-15(11-16)19(14)2/h3-7,12,14-17,20H,8-11H2,1-2H3/t12?,14-,15?,16?,17?/m1/s1/i12D,17D,20D. The number of esters is 1. The van der Waals surface area contributed by atoms with Crippen LogP contribution in [0.1, 0.15) is 46.8 Å². The maximum absolute atomic E-state index is 12.9. The number of piperidine rings is 1. The molecular weight excluding hydrogens is 278 g/mol. The van der Waals surface area contributed by atoms with Crippen molar-refractivity contribution >= 4 is 5.97 Å². The minimum absolute atomic E-state index is 0.254. The third-order valence-electron chi connectivity index (χ3n) is 4.95. The van der Waals surface area contributed by atoms with E-state index in [0.717, 1.165) is 25.7 Å². The largest absolute Gasteiger partial charge is 0.462 e. The van der Waals surface area contributed by atoms with Crippen LogP contribution in [-0.4, -0.2) is 48.7 Å². The molecule has 4 unspecified atom stereocenters. The van der Waals surface area contributed by atoms with Gasteiger partial charge in [-0.25, -0.2) is 0 Å². The highest BCUT2D eigenvalue weighted by molar-refractivity contribution is 5.79. The van der Waals surface area contributed by atoms with E-state index in [9.17, 15) is 4.79 Å². The number of carbonyl (C=O) groups is 1. The topological polar surface area (TPSA) is 49.8 Å². The minimum Gasteiger partial charge on any atom is -0.462 e. The van der Waals surface area contributed by atoms with Crippen molar-refractivity contribution in [2.75, 3.05) is 7.05 Å². The Morgan fingerprint density at radius 3 is 2.59 bits per heavy atom. The fourth-order valence-corrected chi connectivity index (χ4v) is 3.74. The molecule has 120 valence electrons. The third kappa shape index (κ3) is 3.03. The summed E-state index contributed by atoms with van der Waals surface area (Å²) in [5.41, 5.74) is 0.292. The van der Waals surface area contributed by atoms with Gasteiger partial charge in [0.05, 0.1) is 7.45 Å². The first-order chi connectivity index (χ1) is 11.8. The molecule has 3 rings (SSSR count). The van der Waals surface area contributed by atoms with Crippen LogP contribution in [0.25, 0.3) is 0 Å². The fourth-order valence-electron chi connectivity index (χ4n) is 3.74. The second-order valence-corrected chi connectivity index (χ2v) is 6.35. The lowest BCUT2D eigenvalue weighted by Crippen LogP contribution is -2.44. The number of rotatable bonds is 5. The van der Waals surface area contributed by atoms with Gasteiger partial charge in [-0.05, 0) is 45.2 Å². The number of ether oxygens (including phenoxy) is 1. The molecule has 22 heavy (non-hydrogen) atoms. The van der Waals surface area contributed by atoms with Crippen molar-refractivity contribution in [3.05, 3.63) is 35.9 Å². The van der Waals surface area contributed by atoms with Crippen LogP contribution >= 0.6 is 0 Å². The number of benzene rings is 1. The Labute approximate surface area is 136 Å². The summed E-state index contributed by atoms with van der Waals surface area (Å²) in [6, 6.07) is 9.17. The quantitative estimate of drug-likeness (QED) is 0.848. The van der Waals surface area contributed by atoms with Crippen LogP contribution < -0.4 is 0 Å². The van der Waals surface area contributed by atoms with Crippen LogP contribution in [0.2, 0.25) is 0 Å². The lowest BCUT2D eigenvalue weighted by Gasteiger charge is -2.36. The normalized spacial score (nSPS) is 35.5. The molecular formula is C18H25NO3. The van der Waals surface area contributed by atoms with Gasteiger partial charge in [0.25, 0.3) is 0 Å². The average molecular weight is 306 g/mol. The molecule has 0 saturated carbocycles. The van der Waals surface area contributed by atoms with Crippen molar-refractivity contribution in [2.45, 2.75) is 62.8 Å². The molecule has 5 atom stereocenters. The van der Waals surface area contributed by atoms with Gasteiger partial charge in [0.1, 0.15) is 12.0 Å². The third-order valence-corrected chi connectivity index (χ3v) is 4.95. The van der Waals surface area contributed by atoms with Crippen molar-refractivity contribution in [3.8, 4) is 0 Å². The van der Waals surface area contributed by atoms with Gasteiger partial charge in [0.15, 0.2) is 0 Å². The predicted octanol–water partition coefficient (Wildman–Crippen LogP) is 2.32. The molecule has 2 aliphatic heterocycles. The molecule has 0 aliphatic carbocycles. The number of carbonyl (C=O) groups excluding carboxylic acids is 1. The monoisotopic (exact) mass is 306 g/mol. The summed E-state index contributed by atoms with van der Waals surface area (Å²) in [5, 5.41) is 4.46. The van der Waals surface area contributed by atoms with E-state index in [2.05, 4.69) is 17.1 Å². The number of fused-ring (bicyclic) bond motifs is 2. The van der Waals surface area contributed by atoms with Crippen LogP contribution in [0.5, 0.6) is 0 Å². The summed E-state index contributed by atoms with van der Waals surface area (Å²) in [6.07, 6.45) is 1.37. The summed E-state index contributed by atoms with van der Waals surface area (Å²) in [6.45, 7) is 1.25. The van der Waals surface area contributed by atoms with Gasteiger partial charge in [-0.3, -0.25) is 4.79 Å². The molecule has 4 nitrogen and oxygen atoms in total. The van der Waals surface area contributed by atoms with Gasteiger partial charge in [-0.15, -0.1) is 0 Å². The van der Waals surface area contributed by atoms with Crippen molar-refractivity contribution in [1.82, 2.24) is 4.90 Å². The maximum Gasteiger partial charge on any atom is 0.316 e. The molecule has 0 radical (unpaired) electrons. The Balaban J connectivity index is 1.83. The van der Waals surface area contributed by atoms with Crippen molar-refractivity contribution in [1.29, 1.82) is 1.43 Å². The van der Waals surface area contributed by atoms with Crippen molar-refractivity contribution in [2.24, 2.45) is 0 Å². The van der Waals surface area contributed by atoms with Crippen LogP contribution in [-0.2, 0) is 9.53 Å². The predicted molar refractivity (Wildman–Crippen MR) is 84.6 cm³/mol. The van der Waals surface area contributed by atoms with Crippen LogP contribution in [0, 0.1) is 0 Å². The smallest absolute Gasteiger partial charge is 0.316 e. The summed E-state index contributed by atoms with van der Waals surface area (Å²) < 4.78 is 29.9. The second kappa shape index (κ2) is 6.39. The molecule has 2 fully saturated rings. The zero-order chi connectivity index (χ0) is 18.2. The summed E-state index contributed by atoms with van der Waals surface area (Å²) in [4.78, 5) is 15.3. The lowest BCUT2D eigenvalue weighted by molar-refractivity contribution is -0.156. The number of hydrogen-bond donors (Lipinski definition) is 1. The first kappa shape index (κ1) is 12.1. The zero-order valence-electron chi connectivity index (χ0n) is 16.1. The Morgan fingerprint density at radius 1 is 1.36 bits per heavy atom. The molecule has 2 aliphatic rings. The molecule has 2 bridgehead atoms. The van der Waals surface area contributed by atoms with E-state index in [1.165, 1.54) is 6.92 Å². The molecule has 0 aromatic heterocycles. The first-order valence-electron chi connectivity index (χ1n) is 9.33. The Hall–Kier alpha value is -1.39. The van der Waals surface area contributed by atoms with Crippen molar-refractivity contribution in [3.63, 3.8) is 0 Å². The van der Waals surface area contributed by atoms with Gasteiger partial charge in [0.2, 0.25) is 1.43 Å². The van der Waals surface area contributed by atoms with E-state index in [1.807, 2.05) is 0 Å². The molecule has 4 heteroatoms. The zero-order valence-corrected chi connectivity index (χ0v) is 13.1. The van der Waals surface area contributed by atoms with E-state index < -0.39 is 17.9 Å². The molecule has 1 N–H and O–H groups in total. The van der Waals surface area contributed by atoms with Gasteiger partial charge >= 0.3 is 5.97 Å². The summed E-state index contributed by atoms with van der Waals surface area (Å²) in [7, 11) is 2.11. The number of nitrogens with zero attached hydrogens (tertiary/aromatic N) is 1. The summed E-state index contributed by atoms with van der Waals surface area (Å²) in [5.74, 6) is -2.95. The SMILES string of the molecule is [2H]OC([2H])(C)C([2H])(C(=O)OC1CC2CC[C@H](C1)N2C)c1ccccc1. The molecule has 1 aromatic carbocycles. The molecule has 0 amide bonds. The van der Waals surface area contributed by atoms with Gasteiger partial charge in [-0.1, -0.05) is 30.3 Å². The van der Waals surface area contributed by atoms with E-state index in [4.69, 9.17) is 8.91 Å². The van der Waals surface area contributed by atoms with E-state index in [-0.39, 0.29) is 6.10 Å². The highest BCUT2D eigenvalue weighted by Gasteiger charge is 2.40. The maximum atomic E-state index is 12.9. The first-order valence-corrected chi connectivity index (χ1v) is 7.92. The van der Waals surface area contributed by atoms with E-state index >= 15 is 0 Å². The van der Waals surface area contributed by atoms with Crippen LogP contribution in [0.15, 0.2) is 30.3 Å². The molecule has 2 saturated heterocycles. The molecule has 2 heterocycles. The number of hydrogen-bond acceptors (Lipinski definition) is 4.